The number of thiophene rings is 1. The van der Waals surface area contributed by atoms with Crippen molar-refractivity contribution >= 4 is 51.0 Å². The molecule has 0 aliphatic heterocycles. The number of halogens is 2. The fraction of sp³-hybridized carbons (Fsp3) is 0.200. The summed E-state index contributed by atoms with van der Waals surface area (Å²) in [6.07, 6.45) is 0.683. The highest BCUT2D eigenvalue weighted by Gasteiger charge is 2.16. The third-order valence-corrected chi connectivity index (χ3v) is 3.79. The molecule has 0 radical (unpaired) electrons. The van der Waals surface area contributed by atoms with E-state index >= 15 is 0 Å². The number of rotatable bonds is 4. The van der Waals surface area contributed by atoms with E-state index in [1.165, 1.54) is 18.4 Å². The lowest BCUT2D eigenvalue weighted by molar-refractivity contribution is 0.0523. The Hall–Kier alpha value is -0.880. The van der Waals surface area contributed by atoms with Crippen LogP contribution in [-0.4, -0.2) is 25.2 Å². The van der Waals surface area contributed by atoms with Gasteiger partial charge in [-0.05, 0) is 0 Å². The number of fused-ring (bicyclic) bond motifs is 1. The molecule has 2 aromatic heterocycles. The molecular weight excluding hydrogens is 285 g/mol. The first-order chi connectivity index (χ1) is 8.17. The van der Waals surface area contributed by atoms with Gasteiger partial charge in [0.2, 0.25) is 0 Å². The van der Waals surface area contributed by atoms with E-state index in [1.54, 1.807) is 6.07 Å². The van der Waals surface area contributed by atoms with Gasteiger partial charge in [-0.25, -0.2) is 4.98 Å². The van der Waals surface area contributed by atoms with Gasteiger partial charge in [-0.3, -0.25) is 4.79 Å². The SMILES string of the molecule is COCOc1cc(Cl)nc2c(Cl)c(C=O)sc12. The summed E-state index contributed by atoms with van der Waals surface area (Å²) in [5.74, 6) is 0.502. The van der Waals surface area contributed by atoms with E-state index in [-0.39, 0.29) is 11.9 Å². The monoisotopic (exact) mass is 291 g/mol. The van der Waals surface area contributed by atoms with Crippen LogP contribution in [0, 0.1) is 0 Å². The maximum Gasteiger partial charge on any atom is 0.188 e. The second-order valence-electron chi connectivity index (χ2n) is 3.07. The number of hydrogen-bond donors (Lipinski definition) is 0. The zero-order valence-electron chi connectivity index (χ0n) is 8.70. The Bertz CT molecular complexity index is 570. The molecule has 0 saturated heterocycles. The predicted molar refractivity (Wildman–Crippen MR) is 67.5 cm³/mol. The minimum Gasteiger partial charge on any atom is -0.466 e. The molecule has 2 heterocycles. The number of carbonyl (C=O) groups is 1. The van der Waals surface area contributed by atoms with Gasteiger partial charge in [0.05, 0.1) is 14.6 Å². The highest BCUT2D eigenvalue weighted by Crippen LogP contribution is 2.39. The van der Waals surface area contributed by atoms with E-state index in [2.05, 4.69) is 4.98 Å². The molecule has 0 aromatic carbocycles. The van der Waals surface area contributed by atoms with Crippen LogP contribution in [0.15, 0.2) is 6.07 Å². The van der Waals surface area contributed by atoms with Gasteiger partial charge in [-0.15, -0.1) is 11.3 Å². The molecule has 90 valence electrons. The fourth-order valence-corrected chi connectivity index (χ4v) is 2.76. The van der Waals surface area contributed by atoms with Gasteiger partial charge in [0.1, 0.15) is 16.4 Å². The first-order valence-corrected chi connectivity index (χ1v) is 6.10. The van der Waals surface area contributed by atoms with Crippen LogP contribution in [-0.2, 0) is 4.74 Å². The number of aldehydes is 1. The number of nitrogens with zero attached hydrogens (tertiary/aromatic N) is 1. The molecular formula is C10H7Cl2NO3S. The van der Waals surface area contributed by atoms with Gasteiger partial charge < -0.3 is 9.47 Å². The summed E-state index contributed by atoms with van der Waals surface area (Å²) < 4.78 is 10.8. The molecule has 0 unspecified atom stereocenters. The summed E-state index contributed by atoms with van der Waals surface area (Å²) in [6.45, 7) is 0.0847. The number of ether oxygens (including phenoxy) is 2. The Balaban J connectivity index is 2.62. The topological polar surface area (TPSA) is 48.4 Å². The highest BCUT2D eigenvalue weighted by atomic mass is 35.5. The van der Waals surface area contributed by atoms with Crippen LogP contribution in [0.3, 0.4) is 0 Å². The summed E-state index contributed by atoms with van der Waals surface area (Å²) in [7, 11) is 1.51. The van der Waals surface area contributed by atoms with Crippen molar-refractivity contribution < 1.29 is 14.3 Å². The zero-order chi connectivity index (χ0) is 12.4. The smallest absolute Gasteiger partial charge is 0.188 e. The first kappa shape index (κ1) is 12.6. The maximum absolute atomic E-state index is 10.8. The van der Waals surface area contributed by atoms with E-state index in [9.17, 15) is 4.79 Å². The van der Waals surface area contributed by atoms with Crippen LogP contribution in [0.1, 0.15) is 9.67 Å². The number of hydrogen-bond acceptors (Lipinski definition) is 5. The minimum atomic E-state index is 0.0847. The Labute approximate surface area is 111 Å². The third kappa shape index (κ3) is 2.37. The fourth-order valence-electron chi connectivity index (χ4n) is 1.30. The molecule has 7 heteroatoms. The molecule has 0 spiro atoms. The zero-order valence-corrected chi connectivity index (χ0v) is 11.0. The Kier molecular flexibility index (Phi) is 3.83. The molecule has 0 saturated carbocycles. The van der Waals surface area contributed by atoms with Crippen molar-refractivity contribution in [2.75, 3.05) is 13.9 Å². The standard InChI is InChI=1S/C10H7Cl2NO3S/c1-15-4-16-5-2-7(11)13-9-8(12)6(3-14)17-10(5)9/h2-3H,4H2,1H3. The average molecular weight is 292 g/mol. The van der Waals surface area contributed by atoms with Crippen LogP contribution in [0.5, 0.6) is 5.75 Å². The molecule has 0 fully saturated rings. The van der Waals surface area contributed by atoms with Crippen LogP contribution in [0.2, 0.25) is 10.2 Å². The molecule has 0 atom stereocenters. The number of carbonyl (C=O) groups excluding carboxylic acids is 1. The molecule has 2 rings (SSSR count). The quantitative estimate of drug-likeness (QED) is 0.492. The van der Waals surface area contributed by atoms with Gasteiger partial charge >= 0.3 is 0 Å². The first-order valence-electron chi connectivity index (χ1n) is 4.52. The summed E-state index contributed by atoms with van der Waals surface area (Å²) in [5, 5.41) is 0.547. The van der Waals surface area contributed by atoms with Crippen molar-refractivity contribution in [3.63, 3.8) is 0 Å². The van der Waals surface area contributed by atoms with Gasteiger partial charge in [0.15, 0.2) is 13.1 Å². The van der Waals surface area contributed by atoms with E-state index in [1.807, 2.05) is 0 Å². The molecule has 0 aliphatic carbocycles. The van der Waals surface area contributed by atoms with Crippen LogP contribution in [0.4, 0.5) is 0 Å². The van der Waals surface area contributed by atoms with Crippen LogP contribution < -0.4 is 4.74 Å². The van der Waals surface area contributed by atoms with Crippen molar-refractivity contribution in [3.05, 3.63) is 21.1 Å². The van der Waals surface area contributed by atoms with E-state index in [4.69, 9.17) is 32.7 Å². The average Bonchev–Trinajstić information content (AvgIpc) is 2.64. The predicted octanol–water partition coefficient (Wildman–Crippen LogP) is 3.40. The van der Waals surface area contributed by atoms with Crippen LogP contribution in [0.25, 0.3) is 10.2 Å². The number of methoxy groups -OCH3 is 1. The van der Waals surface area contributed by atoms with E-state index in [0.717, 1.165) is 0 Å². The molecule has 0 aliphatic rings. The Morgan fingerprint density at radius 3 is 2.94 bits per heavy atom. The van der Waals surface area contributed by atoms with E-state index < -0.39 is 0 Å². The highest BCUT2D eigenvalue weighted by molar-refractivity contribution is 7.21. The minimum absolute atomic E-state index is 0.0847. The summed E-state index contributed by atoms with van der Waals surface area (Å²) in [6, 6.07) is 1.56. The number of aromatic nitrogens is 1. The third-order valence-electron chi connectivity index (χ3n) is 1.98. The molecule has 4 nitrogen and oxygen atoms in total. The van der Waals surface area contributed by atoms with Crippen molar-refractivity contribution in [2.24, 2.45) is 0 Å². The molecule has 0 bridgehead atoms. The van der Waals surface area contributed by atoms with Crippen molar-refractivity contribution in [1.82, 2.24) is 4.98 Å². The van der Waals surface area contributed by atoms with Crippen molar-refractivity contribution in [1.29, 1.82) is 0 Å². The second-order valence-corrected chi connectivity index (χ2v) is 4.89. The van der Waals surface area contributed by atoms with Crippen molar-refractivity contribution in [3.8, 4) is 5.75 Å². The van der Waals surface area contributed by atoms with Crippen molar-refractivity contribution in [2.45, 2.75) is 0 Å². The maximum atomic E-state index is 10.8. The lowest BCUT2D eigenvalue weighted by Gasteiger charge is -2.05. The molecule has 2 aromatic rings. The lowest BCUT2D eigenvalue weighted by atomic mass is 10.3. The van der Waals surface area contributed by atoms with Gasteiger partial charge in [0, 0.05) is 13.2 Å². The van der Waals surface area contributed by atoms with Gasteiger partial charge in [-0.1, -0.05) is 23.2 Å². The molecule has 0 amide bonds. The Morgan fingerprint density at radius 2 is 2.29 bits per heavy atom. The summed E-state index contributed by atoms with van der Waals surface area (Å²) >= 11 is 13.1. The van der Waals surface area contributed by atoms with Crippen LogP contribution >= 0.6 is 34.5 Å². The van der Waals surface area contributed by atoms with E-state index in [0.29, 0.717) is 32.2 Å². The van der Waals surface area contributed by atoms with Gasteiger partial charge in [-0.2, -0.15) is 0 Å². The number of pyridine rings is 1. The molecule has 0 N–H and O–H groups in total. The second kappa shape index (κ2) is 5.18. The Morgan fingerprint density at radius 1 is 1.53 bits per heavy atom. The summed E-state index contributed by atoms with van der Waals surface area (Å²) in [4.78, 5) is 15.3. The summed E-state index contributed by atoms with van der Waals surface area (Å²) in [5.41, 5.74) is 0.470. The largest absolute Gasteiger partial charge is 0.466 e. The van der Waals surface area contributed by atoms with Gasteiger partial charge in [0.25, 0.3) is 0 Å². The molecule has 17 heavy (non-hydrogen) atoms. The lowest BCUT2D eigenvalue weighted by Crippen LogP contribution is -1.99. The normalized spacial score (nSPS) is 10.8.